The molecular weight excluding hydrogens is 154 g/mol. The second-order valence-electron chi connectivity index (χ2n) is 1.45. The Morgan fingerprint density at radius 3 is 2.60 bits per heavy atom. The van der Waals surface area contributed by atoms with Crippen LogP contribution in [0.15, 0.2) is 14.7 Å². The van der Waals surface area contributed by atoms with Gasteiger partial charge in [0, 0.05) is 6.26 Å². The van der Waals surface area contributed by atoms with Gasteiger partial charge < -0.3 is 0 Å². The summed E-state index contributed by atoms with van der Waals surface area (Å²) in [6.45, 7) is 0. The number of H-pyrrole nitrogens is 2. The molecule has 5 nitrogen and oxygen atoms in total. The lowest BCUT2D eigenvalue weighted by Crippen LogP contribution is -2.30. The number of hydrogen-bond donors (Lipinski definition) is 2. The van der Waals surface area contributed by atoms with Gasteiger partial charge in [0.05, 0.1) is 0 Å². The highest BCUT2D eigenvalue weighted by atomic mass is 32.2. The fraction of sp³-hybridized carbons (Fsp3) is 0. The molecule has 1 radical (unpaired) electrons. The Labute approximate surface area is 59.9 Å². The molecule has 2 N–H and O–H groups in total. The minimum absolute atomic E-state index is 0.296. The van der Waals surface area contributed by atoms with Gasteiger partial charge in [-0.25, -0.2) is 0 Å². The third kappa shape index (κ3) is 1.27. The lowest BCUT2D eigenvalue weighted by molar-refractivity contribution is 0.792. The standard InChI is InChI=1S/C4H4N3O2S/c1-10-4-5-2(8)3(9)6-7-4/h1H2,(H,6,9)(H,5,7,8). The van der Waals surface area contributed by atoms with Crippen molar-refractivity contribution in [2.75, 3.05) is 0 Å². The molecule has 0 aliphatic heterocycles. The summed E-state index contributed by atoms with van der Waals surface area (Å²) in [6, 6.07) is 0. The molecule has 1 aromatic heterocycles. The molecule has 10 heavy (non-hydrogen) atoms. The van der Waals surface area contributed by atoms with Crippen LogP contribution in [0, 0.1) is 6.26 Å². The van der Waals surface area contributed by atoms with Crippen molar-refractivity contribution < 1.29 is 0 Å². The second-order valence-corrected chi connectivity index (χ2v) is 2.12. The van der Waals surface area contributed by atoms with Crippen LogP contribution in [0.1, 0.15) is 0 Å². The van der Waals surface area contributed by atoms with E-state index in [4.69, 9.17) is 0 Å². The second kappa shape index (κ2) is 2.70. The first-order valence-corrected chi connectivity index (χ1v) is 3.33. The van der Waals surface area contributed by atoms with E-state index < -0.39 is 11.1 Å². The lowest BCUT2D eigenvalue weighted by Gasteiger charge is -1.89. The Morgan fingerprint density at radius 2 is 2.10 bits per heavy atom. The van der Waals surface area contributed by atoms with Crippen LogP contribution in [-0.4, -0.2) is 15.2 Å². The summed E-state index contributed by atoms with van der Waals surface area (Å²) in [6.07, 6.45) is 3.39. The lowest BCUT2D eigenvalue weighted by atomic mass is 10.8. The van der Waals surface area contributed by atoms with Crippen LogP contribution in [0.5, 0.6) is 0 Å². The van der Waals surface area contributed by atoms with Crippen molar-refractivity contribution in [1.82, 2.24) is 15.2 Å². The summed E-state index contributed by atoms with van der Waals surface area (Å²) in [4.78, 5) is 24.2. The van der Waals surface area contributed by atoms with E-state index in [0.717, 1.165) is 11.8 Å². The molecular formula is C4H4N3O2S. The molecule has 0 spiro atoms. The van der Waals surface area contributed by atoms with E-state index in [1.165, 1.54) is 0 Å². The molecule has 6 heteroatoms. The van der Waals surface area contributed by atoms with E-state index in [0.29, 0.717) is 5.16 Å². The highest BCUT2D eigenvalue weighted by Gasteiger charge is 1.95. The molecule has 53 valence electrons. The van der Waals surface area contributed by atoms with Crippen LogP contribution in [-0.2, 0) is 0 Å². The van der Waals surface area contributed by atoms with Gasteiger partial charge in [-0.3, -0.25) is 19.8 Å². The average Bonchev–Trinajstić information content (AvgIpc) is 1.95. The zero-order valence-corrected chi connectivity index (χ0v) is 5.70. The van der Waals surface area contributed by atoms with Crippen molar-refractivity contribution in [2.45, 2.75) is 5.16 Å². The van der Waals surface area contributed by atoms with Crippen LogP contribution in [0.2, 0.25) is 0 Å². The van der Waals surface area contributed by atoms with Crippen LogP contribution < -0.4 is 11.1 Å². The number of aromatic nitrogens is 3. The van der Waals surface area contributed by atoms with E-state index in [1.807, 2.05) is 0 Å². The minimum Gasteiger partial charge on any atom is -0.276 e. The SMILES string of the molecule is [CH2]Sc1nc(=O)c(=O)[nH][nH]1. The maximum absolute atomic E-state index is 10.5. The topological polar surface area (TPSA) is 78.6 Å². The molecule has 0 aliphatic carbocycles. The summed E-state index contributed by atoms with van der Waals surface area (Å²) < 4.78 is 0. The smallest absolute Gasteiger partial charge is 0.276 e. The van der Waals surface area contributed by atoms with E-state index in [1.54, 1.807) is 0 Å². The van der Waals surface area contributed by atoms with E-state index >= 15 is 0 Å². The first kappa shape index (κ1) is 7.07. The Hall–Kier alpha value is -1.04. The predicted molar refractivity (Wildman–Crippen MR) is 36.7 cm³/mol. The average molecular weight is 158 g/mol. The molecule has 0 saturated heterocycles. The van der Waals surface area contributed by atoms with Gasteiger partial charge in [-0.15, -0.1) is 0 Å². The number of nitrogens with zero attached hydrogens (tertiary/aromatic N) is 1. The number of thioether (sulfide) groups is 1. The van der Waals surface area contributed by atoms with Gasteiger partial charge in [0.1, 0.15) is 0 Å². The summed E-state index contributed by atoms with van der Waals surface area (Å²) in [5.74, 6) is 0. The summed E-state index contributed by atoms with van der Waals surface area (Å²) in [5.41, 5.74) is -1.55. The molecule has 1 rings (SSSR count). The van der Waals surface area contributed by atoms with E-state index in [9.17, 15) is 9.59 Å². The zero-order valence-electron chi connectivity index (χ0n) is 4.88. The van der Waals surface area contributed by atoms with Gasteiger partial charge >= 0.3 is 11.1 Å². The summed E-state index contributed by atoms with van der Waals surface area (Å²) in [5, 5.41) is 4.78. The van der Waals surface area contributed by atoms with Gasteiger partial charge in [-0.2, -0.15) is 4.98 Å². The van der Waals surface area contributed by atoms with Gasteiger partial charge in [0.2, 0.25) is 0 Å². The molecule has 0 aliphatic rings. The minimum atomic E-state index is -0.801. The first-order valence-electron chi connectivity index (χ1n) is 2.35. The Morgan fingerprint density at radius 1 is 1.40 bits per heavy atom. The highest BCUT2D eigenvalue weighted by molar-refractivity contribution is 8.00. The Kier molecular flexibility index (Phi) is 1.91. The molecule has 0 saturated carbocycles. The van der Waals surface area contributed by atoms with E-state index in [2.05, 4.69) is 21.4 Å². The van der Waals surface area contributed by atoms with E-state index in [-0.39, 0.29) is 0 Å². The molecule has 0 aromatic carbocycles. The summed E-state index contributed by atoms with van der Waals surface area (Å²) >= 11 is 1.00. The van der Waals surface area contributed by atoms with Crippen molar-refractivity contribution in [3.63, 3.8) is 0 Å². The van der Waals surface area contributed by atoms with Crippen molar-refractivity contribution in [3.8, 4) is 0 Å². The highest BCUT2D eigenvalue weighted by Crippen LogP contribution is 2.02. The molecule has 1 heterocycles. The molecule has 0 fully saturated rings. The molecule has 0 unspecified atom stereocenters. The third-order valence-electron chi connectivity index (χ3n) is 0.817. The Bertz CT molecular complexity index is 328. The molecule has 0 amide bonds. The fourth-order valence-electron chi connectivity index (χ4n) is 0.403. The number of hydrogen-bond acceptors (Lipinski definition) is 4. The quantitative estimate of drug-likeness (QED) is 0.420. The Balaban J connectivity index is 3.31. The largest absolute Gasteiger partial charge is 0.339 e. The number of rotatable bonds is 1. The third-order valence-corrected chi connectivity index (χ3v) is 1.28. The van der Waals surface area contributed by atoms with Gasteiger partial charge in [0.15, 0.2) is 5.16 Å². The van der Waals surface area contributed by atoms with Crippen LogP contribution in [0.3, 0.4) is 0 Å². The van der Waals surface area contributed by atoms with Crippen LogP contribution >= 0.6 is 11.8 Å². The van der Waals surface area contributed by atoms with Crippen molar-refractivity contribution in [2.24, 2.45) is 0 Å². The molecule has 0 atom stereocenters. The monoisotopic (exact) mass is 158 g/mol. The first-order chi connectivity index (χ1) is 4.74. The normalized spacial score (nSPS) is 9.70. The molecule has 0 bridgehead atoms. The summed E-state index contributed by atoms with van der Waals surface area (Å²) in [7, 11) is 0. The zero-order chi connectivity index (χ0) is 7.56. The van der Waals surface area contributed by atoms with Gasteiger partial charge in [-0.05, 0) is 0 Å². The fourth-order valence-corrected chi connectivity index (χ4v) is 0.674. The number of nitrogens with one attached hydrogen (secondary N) is 2. The van der Waals surface area contributed by atoms with Gasteiger partial charge in [-0.1, -0.05) is 11.8 Å². The maximum atomic E-state index is 10.5. The predicted octanol–water partition coefficient (Wildman–Crippen LogP) is -0.658. The molecule has 1 aromatic rings. The van der Waals surface area contributed by atoms with Crippen molar-refractivity contribution in [1.29, 1.82) is 0 Å². The van der Waals surface area contributed by atoms with Crippen molar-refractivity contribution >= 4 is 11.8 Å². The van der Waals surface area contributed by atoms with Crippen LogP contribution in [0.4, 0.5) is 0 Å². The van der Waals surface area contributed by atoms with Gasteiger partial charge in [0.25, 0.3) is 0 Å². The van der Waals surface area contributed by atoms with Crippen molar-refractivity contribution in [3.05, 3.63) is 27.0 Å². The maximum Gasteiger partial charge on any atom is 0.339 e. The number of aromatic amines is 2. The van der Waals surface area contributed by atoms with Crippen LogP contribution in [0.25, 0.3) is 0 Å².